The van der Waals surface area contributed by atoms with Gasteiger partial charge in [-0.05, 0) is 99.0 Å². The van der Waals surface area contributed by atoms with Crippen molar-refractivity contribution in [3.63, 3.8) is 0 Å². The van der Waals surface area contributed by atoms with E-state index in [0.717, 1.165) is 51.7 Å². The van der Waals surface area contributed by atoms with Crippen LogP contribution in [0.3, 0.4) is 0 Å². The molecule has 5 heteroatoms. The maximum Gasteiger partial charge on any atom is 0.138 e. The molecule has 0 spiro atoms. The Balaban J connectivity index is 1.18. The van der Waals surface area contributed by atoms with E-state index in [9.17, 15) is 0 Å². The summed E-state index contributed by atoms with van der Waals surface area (Å²) in [6.45, 7) is 9.72. The van der Waals surface area contributed by atoms with Crippen LogP contribution in [0.25, 0.3) is 38.8 Å². The molecule has 0 saturated carbocycles. The Morgan fingerprint density at radius 1 is 0.652 bits per heavy atom. The molecule has 0 aliphatic carbocycles. The summed E-state index contributed by atoms with van der Waals surface area (Å²) in [6, 6.07) is 44.7. The first-order valence-corrected chi connectivity index (χ1v) is 15.8. The molecule has 3 heterocycles. The molecule has 0 bridgehead atoms. The van der Waals surface area contributed by atoms with Crippen molar-refractivity contribution in [3.8, 4) is 28.4 Å². The molecule has 0 amide bonds. The van der Waals surface area contributed by atoms with E-state index in [2.05, 4.69) is 163 Å². The SMILES string of the molecule is Cc1ccccc1-c1ccnc(-n2c3ccccc3c3ccc(Oc4cccc(N5CN(C(C)(C)C)c6ccccc65)c4)cc32)c1. The molecule has 7 aromatic rings. The van der Waals surface area contributed by atoms with Crippen molar-refractivity contribution in [1.82, 2.24) is 9.55 Å². The first-order chi connectivity index (χ1) is 22.3. The molecule has 0 radical (unpaired) electrons. The molecule has 46 heavy (non-hydrogen) atoms. The lowest BCUT2D eigenvalue weighted by Crippen LogP contribution is -2.42. The van der Waals surface area contributed by atoms with Gasteiger partial charge in [-0.15, -0.1) is 0 Å². The number of hydrogen-bond donors (Lipinski definition) is 0. The van der Waals surface area contributed by atoms with Crippen LogP contribution in [0.4, 0.5) is 17.1 Å². The largest absolute Gasteiger partial charge is 0.457 e. The van der Waals surface area contributed by atoms with Crippen LogP contribution in [0.15, 0.2) is 134 Å². The van der Waals surface area contributed by atoms with Gasteiger partial charge in [0.2, 0.25) is 0 Å². The van der Waals surface area contributed by atoms with Crippen LogP contribution in [-0.2, 0) is 0 Å². The van der Waals surface area contributed by atoms with Gasteiger partial charge in [-0.2, -0.15) is 0 Å². The number of anilines is 3. The topological polar surface area (TPSA) is 33.5 Å². The molecule has 1 aliphatic heterocycles. The van der Waals surface area contributed by atoms with Crippen molar-refractivity contribution in [2.45, 2.75) is 33.2 Å². The van der Waals surface area contributed by atoms with E-state index in [1.54, 1.807) is 0 Å². The average Bonchev–Trinajstić information content (AvgIpc) is 3.62. The van der Waals surface area contributed by atoms with Crippen LogP contribution in [0.5, 0.6) is 11.5 Å². The minimum Gasteiger partial charge on any atom is -0.457 e. The van der Waals surface area contributed by atoms with Gasteiger partial charge in [-0.25, -0.2) is 4.98 Å². The first kappa shape index (κ1) is 28.0. The molecule has 226 valence electrons. The highest BCUT2D eigenvalue weighted by molar-refractivity contribution is 6.09. The summed E-state index contributed by atoms with van der Waals surface area (Å²) < 4.78 is 8.84. The van der Waals surface area contributed by atoms with E-state index in [-0.39, 0.29) is 5.54 Å². The van der Waals surface area contributed by atoms with E-state index >= 15 is 0 Å². The number of rotatable bonds is 5. The molecule has 2 aromatic heterocycles. The quantitative estimate of drug-likeness (QED) is 0.197. The van der Waals surface area contributed by atoms with E-state index in [0.29, 0.717) is 0 Å². The monoisotopic (exact) mass is 600 g/mol. The Morgan fingerprint density at radius 2 is 1.39 bits per heavy atom. The van der Waals surface area contributed by atoms with Gasteiger partial charge in [-0.1, -0.05) is 60.7 Å². The van der Waals surface area contributed by atoms with Crippen molar-refractivity contribution < 1.29 is 4.74 Å². The molecule has 0 N–H and O–H groups in total. The Bertz CT molecular complexity index is 2240. The Morgan fingerprint density at radius 3 is 2.24 bits per heavy atom. The lowest BCUT2D eigenvalue weighted by Gasteiger charge is -2.34. The van der Waals surface area contributed by atoms with Gasteiger partial charge in [0.05, 0.1) is 29.1 Å². The summed E-state index contributed by atoms with van der Waals surface area (Å²) in [6.07, 6.45) is 1.90. The molecule has 0 saturated heterocycles. The van der Waals surface area contributed by atoms with Gasteiger partial charge >= 0.3 is 0 Å². The van der Waals surface area contributed by atoms with Gasteiger partial charge in [0.1, 0.15) is 17.3 Å². The number of aryl methyl sites for hydroxylation is 1. The van der Waals surface area contributed by atoms with E-state index in [1.165, 1.54) is 27.9 Å². The van der Waals surface area contributed by atoms with Crippen molar-refractivity contribution in [1.29, 1.82) is 0 Å². The second-order valence-corrected chi connectivity index (χ2v) is 13.0. The Hall–Kier alpha value is -5.55. The zero-order valence-corrected chi connectivity index (χ0v) is 26.6. The summed E-state index contributed by atoms with van der Waals surface area (Å²) in [5, 5.41) is 2.35. The normalized spacial score (nSPS) is 13.0. The fourth-order valence-corrected chi connectivity index (χ4v) is 6.73. The van der Waals surface area contributed by atoms with Crippen LogP contribution in [-0.4, -0.2) is 21.8 Å². The highest BCUT2D eigenvalue weighted by Gasteiger charge is 2.33. The molecule has 1 aliphatic rings. The van der Waals surface area contributed by atoms with Gasteiger partial charge < -0.3 is 14.5 Å². The lowest BCUT2D eigenvalue weighted by molar-refractivity contribution is 0.483. The summed E-state index contributed by atoms with van der Waals surface area (Å²) in [5.41, 5.74) is 9.32. The second kappa shape index (κ2) is 10.8. The van der Waals surface area contributed by atoms with E-state index < -0.39 is 0 Å². The molecular weight excluding hydrogens is 564 g/mol. The molecule has 5 nitrogen and oxygen atoms in total. The number of benzene rings is 5. The predicted molar refractivity (Wildman–Crippen MR) is 191 cm³/mol. The second-order valence-electron chi connectivity index (χ2n) is 13.0. The predicted octanol–water partition coefficient (Wildman–Crippen LogP) is 10.7. The number of fused-ring (bicyclic) bond motifs is 4. The minimum atomic E-state index is 0.00112. The fourth-order valence-electron chi connectivity index (χ4n) is 6.73. The number of hydrogen-bond acceptors (Lipinski definition) is 4. The van der Waals surface area contributed by atoms with Crippen molar-refractivity contribution in [2.24, 2.45) is 0 Å². The summed E-state index contributed by atoms with van der Waals surface area (Å²) in [4.78, 5) is 9.67. The van der Waals surface area contributed by atoms with Gasteiger partial charge in [-0.3, -0.25) is 4.57 Å². The molecule has 5 aromatic carbocycles. The van der Waals surface area contributed by atoms with E-state index in [4.69, 9.17) is 9.72 Å². The van der Waals surface area contributed by atoms with Gasteiger partial charge in [0.15, 0.2) is 0 Å². The lowest BCUT2D eigenvalue weighted by atomic mass is 10.0. The Kier molecular flexibility index (Phi) is 6.57. The zero-order valence-electron chi connectivity index (χ0n) is 26.6. The number of para-hydroxylation sites is 3. The maximum absolute atomic E-state index is 6.59. The highest BCUT2D eigenvalue weighted by Crippen LogP contribution is 2.44. The van der Waals surface area contributed by atoms with Crippen molar-refractivity contribution >= 4 is 38.9 Å². The number of nitrogens with zero attached hydrogens (tertiary/aromatic N) is 4. The molecular formula is C41H36N4O. The van der Waals surface area contributed by atoms with Crippen LogP contribution < -0.4 is 14.5 Å². The zero-order chi connectivity index (χ0) is 31.4. The standard InChI is InChI=1S/C41H36N4O/c1-28-12-5-6-15-33(28)29-22-23-42-40(24-29)45-36-17-8-7-16-34(36)35-21-20-32(26-39(35)45)46-31-14-11-13-30(25-31)43-27-44(41(2,3)4)38-19-10-9-18-37(38)43/h5-26H,27H2,1-4H3. The third kappa shape index (κ3) is 4.76. The fraction of sp³-hybridized carbons (Fsp3) is 0.146. The van der Waals surface area contributed by atoms with Gasteiger partial charge in [0, 0.05) is 40.3 Å². The third-order valence-corrected chi connectivity index (χ3v) is 9.00. The maximum atomic E-state index is 6.59. The average molecular weight is 601 g/mol. The molecule has 0 fully saturated rings. The van der Waals surface area contributed by atoms with Crippen molar-refractivity contribution in [2.75, 3.05) is 16.5 Å². The van der Waals surface area contributed by atoms with E-state index in [1.807, 2.05) is 12.3 Å². The van der Waals surface area contributed by atoms with Crippen molar-refractivity contribution in [3.05, 3.63) is 139 Å². The smallest absolute Gasteiger partial charge is 0.138 e. The third-order valence-electron chi connectivity index (χ3n) is 9.00. The number of aromatic nitrogens is 2. The Labute approximate surface area is 269 Å². The molecule has 0 atom stereocenters. The highest BCUT2D eigenvalue weighted by atomic mass is 16.5. The van der Waals surface area contributed by atoms with Gasteiger partial charge in [0.25, 0.3) is 0 Å². The minimum absolute atomic E-state index is 0.00112. The summed E-state index contributed by atoms with van der Waals surface area (Å²) in [7, 11) is 0. The summed E-state index contributed by atoms with van der Waals surface area (Å²) in [5.74, 6) is 2.45. The van der Waals surface area contributed by atoms with Crippen LogP contribution in [0.1, 0.15) is 26.3 Å². The van der Waals surface area contributed by atoms with Crippen LogP contribution in [0.2, 0.25) is 0 Å². The number of ether oxygens (including phenoxy) is 1. The van der Waals surface area contributed by atoms with Crippen LogP contribution >= 0.6 is 0 Å². The first-order valence-electron chi connectivity index (χ1n) is 15.8. The summed E-state index contributed by atoms with van der Waals surface area (Å²) >= 11 is 0. The molecule has 8 rings (SSSR count). The number of pyridine rings is 1. The van der Waals surface area contributed by atoms with Crippen LogP contribution in [0, 0.1) is 6.92 Å². The molecule has 0 unspecified atom stereocenters.